The van der Waals surface area contributed by atoms with Crippen LogP contribution in [0.3, 0.4) is 0 Å². The van der Waals surface area contributed by atoms with Crippen LogP contribution < -0.4 is 29.6 Å². The van der Waals surface area contributed by atoms with Crippen LogP contribution in [0, 0.1) is 0 Å². The quantitative estimate of drug-likeness (QED) is 0.262. The van der Waals surface area contributed by atoms with E-state index in [2.05, 4.69) is 0 Å². The van der Waals surface area contributed by atoms with E-state index in [1.807, 2.05) is 0 Å². The fourth-order valence-corrected chi connectivity index (χ4v) is 0. The van der Waals surface area contributed by atoms with E-state index >= 15 is 0 Å². The molecular formula is H3CaMgNaO4P+5. The van der Waals surface area contributed by atoms with Crippen molar-refractivity contribution in [2.24, 2.45) is 0 Å². The zero-order valence-electron chi connectivity index (χ0n) is 4.61. The molecule has 0 amide bonds. The first-order chi connectivity index (χ1) is 2.00. The van der Waals surface area contributed by atoms with E-state index in [1.165, 1.54) is 0 Å². The number of hydrogen-bond acceptors (Lipinski definition) is 1. The third kappa shape index (κ3) is 61.5. The second-order valence-electron chi connectivity index (χ2n) is 0.513. The van der Waals surface area contributed by atoms with Gasteiger partial charge in [-0.2, -0.15) is 0 Å². The molecule has 0 unspecified atom stereocenters. The predicted molar refractivity (Wildman–Crippen MR) is 25.8 cm³/mol. The number of phosphoric acid groups is 1. The van der Waals surface area contributed by atoms with E-state index in [4.69, 9.17) is 19.2 Å². The minimum absolute atomic E-state index is 0. The maximum atomic E-state index is 8.88. The van der Waals surface area contributed by atoms with Crippen molar-refractivity contribution in [3.05, 3.63) is 0 Å². The van der Waals surface area contributed by atoms with E-state index in [1.54, 1.807) is 0 Å². The predicted octanol–water partition coefficient (Wildman–Crippen LogP) is -4.69. The molecule has 0 rings (SSSR count). The van der Waals surface area contributed by atoms with Crippen LogP contribution in [0.15, 0.2) is 0 Å². The molecule has 0 aromatic heterocycles. The summed E-state index contributed by atoms with van der Waals surface area (Å²) in [6.07, 6.45) is 0. The first kappa shape index (κ1) is 22.5. The summed E-state index contributed by atoms with van der Waals surface area (Å²) in [5.74, 6) is 0. The van der Waals surface area contributed by atoms with Crippen LogP contribution in [0.4, 0.5) is 0 Å². The Kier molecular flexibility index (Phi) is 28.5. The monoisotopic (exact) mass is 185 g/mol. The molecule has 0 spiro atoms. The molecule has 0 fully saturated rings. The summed E-state index contributed by atoms with van der Waals surface area (Å²) in [5.41, 5.74) is 0. The molecule has 0 aromatic rings. The smallest absolute Gasteiger partial charge is 0.303 e. The molecule has 0 aliphatic heterocycles. The van der Waals surface area contributed by atoms with E-state index in [0.717, 1.165) is 0 Å². The van der Waals surface area contributed by atoms with Crippen LogP contribution in [-0.4, -0.2) is 75.5 Å². The third-order valence-corrected chi connectivity index (χ3v) is 0. The molecule has 0 atom stereocenters. The zero-order chi connectivity index (χ0) is 4.50. The zero-order valence-corrected chi connectivity index (χ0v) is 11.1. The van der Waals surface area contributed by atoms with Gasteiger partial charge < -0.3 is 14.7 Å². The number of rotatable bonds is 0. The second kappa shape index (κ2) is 10.1. The van der Waals surface area contributed by atoms with Gasteiger partial charge in [0.1, 0.15) is 0 Å². The first-order valence-corrected chi connectivity index (χ1v) is 2.35. The Morgan fingerprint density at radius 1 is 1.12 bits per heavy atom. The molecular weight excluding hydrogens is 182 g/mol. The van der Waals surface area contributed by atoms with E-state index < -0.39 is 7.82 Å². The largest absolute Gasteiger partial charge is 2.00 e. The SMILES string of the molecule is O=P(O)(O)O.[Ca+2].[Mg+2].[Na+]. The molecule has 0 aliphatic rings. The Morgan fingerprint density at radius 3 is 1.12 bits per heavy atom. The van der Waals surface area contributed by atoms with Crippen LogP contribution in [0.25, 0.3) is 0 Å². The van der Waals surface area contributed by atoms with Gasteiger partial charge in [-0.3, -0.25) is 0 Å². The maximum Gasteiger partial charge on any atom is 2.00 e. The molecule has 0 saturated heterocycles. The van der Waals surface area contributed by atoms with Crippen LogP contribution in [0.5, 0.6) is 0 Å². The van der Waals surface area contributed by atoms with Crippen molar-refractivity contribution in [1.29, 1.82) is 0 Å². The van der Waals surface area contributed by atoms with Gasteiger partial charge in [0.25, 0.3) is 0 Å². The Labute approximate surface area is 115 Å². The van der Waals surface area contributed by atoms with Crippen LogP contribution in [-0.2, 0) is 4.57 Å². The third-order valence-electron chi connectivity index (χ3n) is 0. The van der Waals surface area contributed by atoms with Crippen LogP contribution in [0.1, 0.15) is 0 Å². The summed E-state index contributed by atoms with van der Waals surface area (Å²) in [6.45, 7) is 0. The van der Waals surface area contributed by atoms with Crippen molar-refractivity contribution in [1.82, 2.24) is 0 Å². The molecule has 0 saturated carbocycles. The van der Waals surface area contributed by atoms with E-state index in [0.29, 0.717) is 0 Å². The molecule has 32 valence electrons. The Balaban J connectivity index is -0.0000000267. The molecule has 0 radical (unpaired) electrons. The maximum absolute atomic E-state index is 8.88. The van der Waals surface area contributed by atoms with E-state index in [-0.39, 0.29) is 90.3 Å². The minimum Gasteiger partial charge on any atom is -0.303 e. The summed E-state index contributed by atoms with van der Waals surface area (Å²) >= 11 is 0. The van der Waals surface area contributed by atoms with Crippen LogP contribution in [0.2, 0.25) is 0 Å². The summed E-state index contributed by atoms with van der Waals surface area (Å²) in [4.78, 5) is 21.6. The van der Waals surface area contributed by atoms with Gasteiger partial charge in [-0.25, -0.2) is 4.57 Å². The average molecular weight is 185 g/mol. The van der Waals surface area contributed by atoms with Gasteiger partial charge in [0.15, 0.2) is 0 Å². The first-order valence-electron chi connectivity index (χ1n) is 0.783. The molecule has 0 aromatic carbocycles. The van der Waals surface area contributed by atoms with Gasteiger partial charge in [-0.15, -0.1) is 0 Å². The fraction of sp³-hybridized carbons (Fsp3) is 0. The van der Waals surface area contributed by atoms with Crippen molar-refractivity contribution in [2.45, 2.75) is 0 Å². The summed E-state index contributed by atoms with van der Waals surface area (Å²) in [5, 5.41) is 0. The Bertz CT molecular complexity index is 62.2. The topological polar surface area (TPSA) is 77.8 Å². The summed E-state index contributed by atoms with van der Waals surface area (Å²) < 4.78 is 8.88. The van der Waals surface area contributed by atoms with Gasteiger partial charge >= 0.3 is 98.2 Å². The van der Waals surface area contributed by atoms with Crippen molar-refractivity contribution >= 4 is 68.6 Å². The molecule has 8 heavy (non-hydrogen) atoms. The summed E-state index contributed by atoms with van der Waals surface area (Å²) in [6, 6.07) is 0. The van der Waals surface area contributed by atoms with Gasteiger partial charge in [0.05, 0.1) is 0 Å². The standard InChI is InChI=1S/Ca.Mg.Na.H3O4P/c;;;1-5(2,3)4/h;;;(H3,1,2,3,4)/q2*+2;+1;. The van der Waals surface area contributed by atoms with Crippen molar-refractivity contribution in [3.63, 3.8) is 0 Å². The van der Waals surface area contributed by atoms with E-state index in [9.17, 15) is 0 Å². The molecule has 0 bridgehead atoms. The molecule has 8 heteroatoms. The van der Waals surface area contributed by atoms with Crippen molar-refractivity contribution < 1.29 is 48.8 Å². The fourth-order valence-electron chi connectivity index (χ4n) is 0. The number of hydrogen-bond donors (Lipinski definition) is 3. The molecule has 3 N–H and O–H groups in total. The van der Waals surface area contributed by atoms with Gasteiger partial charge in [0, 0.05) is 0 Å². The molecule has 0 aliphatic carbocycles. The molecule has 0 heterocycles. The molecule has 4 nitrogen and oxygen atoms in total. The Hall–Kier alpha value is 3.14. The van der Waals surface area contributed by atoms with Gasteiger partial charge in [-0.1, -0.05) is 0 Å². The van der Waals surface area contributed by atoms with Crippen LogP contribution >= 0.6 is 7.82 Å². The average Bonchev–Trinajstić information content (AvgIpc) is 0.722. The van der Waals surface area contributed by atoms with Gasteiger partial charge in [0.2, 0.25) is 0 Å². The second-order valence-corrected chi connectivity index (χ2v) is 1.54. The Morgan fingerprint density at radius 2 is 1.12 bits per heavy atom. The van der Waals surface area contributed by atoms with Crippen molar-refractivity contribution in [3.8, 4) is 0 Å². The van der Waals surface area contributed by atoms with Crippen molar-refractivity contribution in [2.75, 3.05) is 0 Å². The normalized spacial score (nSPS) is 7.38. The van der Waals surface area contributed by atoms with Gasteiger partial charge in [-0.05, 0) is 0 Å². The minimum atomic E-state index is -4.64. The summed E-state index contributed by atoms with van der Waals surface area (Å²) in [7, 11) is -4.64.